The van der Waals surface area contributed by atoms with Gasteiger partial charge >= 0.3 is 0 Å². The molecule has 0 saturated carbocycles. The molecule has 9 nitrogen and oxygen atoms in total. The van der Waals surface area contributed by atoms with Crippen LogP contribution in [0.3, 0.4) is 0 Å². The van der Waals surface area contributed by atoms with E-state index in [1.807, 2.05) is 7.05 Å². The number of amides is 2. The number of nitrogens with one attached hydrogen (secondary N) is 2. The standard InChI is InChI=1S/C30H26ClF2N7O2/c1-39-17-34-38-28(39)18-6-9-23(10-7-18)36-29(41)25(37-30(42)26-12-13-35-40(26)2)16-22-15-20(8-11-24(22)31)19-4-3-5-21(14-19)27(32)33/h3-15,17,25,27H,16H2,1-2H3,(H,36,41)(H,37,42). The summed E-state index contributed by atoms with van der Waals surface area (Å²) in [4.78, 5) is 26.7. The first-order valence-corrected chi connectivity index (χ1v) is 13.3. The number of nitrogens with zero attached hydrogens (tertiary/aromatic N) is 5. The van der Waals surface area contributed by atoms with E-state index in [1.54, 1.807) is 78.6 Å². The summed E-state index contributed by atoms with van der Waals surface area (Å²) in [6, 6.07) is 18.7. The van der Waals surface area contributed by atoms with E-state index in [-0.39, 0.29) is 17.7 Å². The van der Waals surface area contributed by atoms with Crippen LogP contribution in [-0.2, 0) is 25.3 Å². The third-order valence-electron chi connectivity index (χ3n) is 6.74. The van der Waals surface area contributed by atoms with Gasteiger partial charge in [0, 0.05) is 48.5 Å². The molecule has 2 N–H and O–H groups in total. The van der Waals surface area contributed by atoms with E-state index in [0.29, 0.717) is 33.2 Å². The first-order chi connectivity index (χ1) is 20.2. The smallest absolute Gasteiger partial charge is 0.270 e. The first kappa shape index (κ1) is 28.6. The SMILES string of the molecule is Cn1cnnc1-c1ccc(NC(=O)C(Cc2cc(-c3cccc(C(F)F)c3)ccc2Cl)NC(=O)c2ccnn2C)cc1. The van der Waals surface area contributed by atoms with Crippen molar-refractivity contribution in [2.75, 3.05) is 5.32 Å². The number of alkyl halides is 2. The van der Waals surface area contributed by atoms with E-state index in [4.69, 9.17) is 11.6 Å². The Bertz CT molecular complexity index is 1730. The molecule has 2 heterocycles. The minimum absolute atomic E-state index is 0.0354. The number of aryl methyl sites for hydroxylation is 2. The van der Waals surface area contributed by atoms with Crippen LogP contribution in [-0.4, -0.2) is 42.4 Å². The summed E-state index contributed by atoms with van der Waals surface area (Å²) >= 11 is 6.52. The maximum absolute atomic E-state index is 13.6. The highest BCUT2D eigenvalue weighted by Gasteiger charge is 2.25. The number of hydrogen-bond donors (Lipinski definition) is 2. The molecule has 0 bridgehead atoms. The summed E-state index contributed by atoms with van der Waals surface area (Å²) in [7, 11) is 3.45. The molecule has 5 aromatic rings. The van der Waals surface area contributed by atoms with Gasteiger partial charge in [-0.15, -0.1) is 10.2 Å². The predicted molar refractivity (Wildman–Crippen MR) is 155 cm³/mol. The Hall–Kier alpha value is -4.90. The number of benzene rings is 3. The molecular formula is C30H26ClF2N7O2. The Morgan fingerprint density at radius 1 is 0.952 bits per heavy atom. The van der Waals surface area contributed by atoms with Gasteiger partial charge in [0.15, 0.2) is 5.82 Å². The lowest BCUT2D eigenvalue weighted by Gasteiger charge is -2.20. The molecule has 1 atom stereocenters. The van der Waals surface area contributed by atoms with Crippen molar-refractivity contribution in [2.45, 2.75) is 18.9 Å². The molecule has 1 unspecified atom stereocenters. The monoisotopic (exact) mass is 589 g/mol. The van der Waals surface area contributed by atoms with Gasteiger partial charge in [0.05, 0.1) is 0 Å². The minimum Gasteiger partial charge on any atom is -0.339 e. The normalized spacial score (nSPS) is 11.9. The highest BCUT2D eigenvalue weighted by molar-refractivity contribution is 6.31. The topological polar surface area (TPSA) is 107 Å². The lowest BCUT2D eigenvalue weighted by atomic mass is 9.97. The maximum atomic E-state index is 13.6. The maximum Gasteiger partial charge on any atom is 0.270 e. The molecule has 0 aliphatic heterocycles. The van der Waals surface area contributed by atoms with Crippen LogP contribution in [0.5, 0.6) is 0 Å². The zero-order chi connectivity index (χ0) is 29.8. The lowest BCUT2D eigenvalue weighted by molar-refractivity contribution is -0.118. The molecule has 0 radical (unpaired) electrons. The fraction of sp³-hybridized carbons (Fsp3) is 0.167. The highest BCUT2D eigenvalue weighted by Crippen LogP contribution is 2.29. The molecule has 0 saturated heterocycles. The summed E-state index contributed by atoms with van der Waals surface area (Å²) in [5.41, 5.74) is 3.27. The molecule has 0 aliphatic carbocycles. The molecule has 2 aromatic heterocycles. The first-order valence-electron chi connectivity index (χ1n) is 12.9. The van der Waals surface area contributed by atoms with Gasteiger partial charge in [0.1, 0.15) is 18.1 Å². The second-order valence-corrected chi connectivity index (χ2v) is 10.0. The van der Waals surface area contributed by atoms with Crippen molar-refractivity contribution in [2.24, 2.45) is 14.1 Å². The summed E-state index contributed by atoms with van der Waals surface area (Å²) in [6.45, 7) is 0. The van der Waals surface area contributed by atoms with Crippen LogP contribution < -0.4 is 10.6 Å². The van der Waals surface area contributed by atoms with Gasteiger partial charge in [-0.25, -0.2) is 8.78 Å². The summed E-state index contributed by atoms with van der Waals surface area (Å²) in [6.07, 6.45) is 0.502. The van der Waals surface area contributed by atoms with Crippen LogP contribution in [0.4, 0.5) is 14.5 Å². The Kier molecular flexibility index (Phi) is 8.39. The second kappa shape index (κ2) is 12.3. The molecular weight excluding hydrogens is 564 g/mol. The van der Waals surface area contributed by atoms with Crippen LogP contribution >= 0.6 is 11.6 Å². The van der Waals surface area contributed by atoms with Crippen molar-refractivity contribution >= 4 is 29.1 Å². The molecule has 0 fully saturated rings. The number of aromatic nitrogens is 5. The van der Waals surface area contributed by atoms with Crippen molar-refractivity contribution < 1.29 is 18.4 Å². The number of rotatable bonds is 9. The van der Waals surface area contributed by atoms with Gasteiger partial charge in [-0.1, -0.05) is 35.9 Å². The molecule has 3 aromatic carbocycles. The van der Waals surface area contributed by atoms with Crippen LogP contribution in [0.2, 0.25) is 5.02 Å². The van der Waals surface area contributed by atoms with Crippen LogP contribution in [0.25, 0.3) is 22.5 Å². The van der Waals surface area contributed by atoms with Crippen LogP contribution in [0, 0.1) is 0 Å². The van der Waals surface area contributed by atoms with E-state index in [0.717, 1.165) is 5.56 Å². The zero-order valence-corrected chi connectivity index (χ0v) is 23.4. The van der Waals surface area contributed by atoms with Crippen molar-refractivity contribution in [1.82, 2.24) is 29.9 Å². The average molecular weight is 590 g/mol. The summed E-state index contributed by atoms with van der Waals surface area (Å²) in [5.74, 6) is -0.300. The Morgan fingerprint density at radius 2 is 1.69 bits per heavy atom. The Labute approximate surface area is 245 Å². The highest BCUT2D eigenvalue weighted by atomic mass is 35.5. The van der Waals surface area contributed by atoms with E-state index in [2.05, 4.69) is 25.9 Å². The Balaban J connectivity index is 1.41. The molecule has 2 amide bonds. The van der Waals surface area contributed by atoms with E-state index < -0.39 is 24.3 Å². The van der Waals surface area contributed by atoms with Gasteiger partial charge in [-0.2, -0.15) is 5.10 Å². The van der Waals surface area contributed by atoms with Crippen LogP contribution in [0.15, 0.2) is 85.3 Å². The summed E-state index contributed by atoms with van der Waals surface area (Å²) < 4.78 is 29.8. The van der Waals surface area contributed by atoms with Gasteiger partial charge in [-0.3, -0.25) is 14.3 Å². The number of anilines is 1. The molecule has 5 rings (SSSR count). The van der Waals surface area contributed by atoms with Crippen LogP contribution in [0.1, 0.15) is 28.0 Å². The molecule has 214 valence electrons. The number of carbonyl (C=O) groups excluding carboxylic acids is 2. The van der Waals surface area contributed by atoms with Gasteiger partial charge in [-0.05, 0) is 65.2 Å². The number of hydrogen-bond acceptors (Lipinski definition) is 5. The van der Waals surface area contributed by atoms with Gasteiger partial charge in [0.25, 0.3) is 12.3 Å². The predicted octanol–water partition coefficient (Wildman–Crippen LogP) is 5.45. The van der Waals surface area contributed by atoms with Gasteiger partial charge in [0.2, 0.25) is 5.91 Å². The molecule has 0 spiro atoms. The third-order valence-corrected chi connectivity index (χ3v) is 7.11. The van der Waals surface area contributed by atoms with E-state index in [9.17, 15) is 18.4 Å². The zero-order valence-electron chi connectivity index (χ0n) is 22.6. The largest absolute Gasteiger partial charge is 0.339 e. The third kappa shape index (κ3) is 6.36. The average Bonchev–Trinajstić information content (AvgIpc) is 3.62. The van der Waals surface area contributed by atoms with Crippen molar-refractivity contribution in [1.29, 1.82) is 0 Å². The minimum atomic E-state index is -2.61. The van der Waals surface area contributed by atoms with Crippen molar-refractivity contribution in [3.05, 3.63) is 107 Å². The van der Waals surface area contributed by atoms with Crippen molar-refractivity contribution in [3.63, 3.8) is 0 Å². The van der Waals surface area contributed by atoms with Gasteiger partial charge < -0.3 is 15.2 Å². The summed E-state index contributed by atoms with van der Waals surface area (Å²) in [5, 5.41) is 18.0. The Morgan fingerprint density at radius 3 is 2.36 bits per heavy atom. The fourth-order valence-corrected chi connectivity index (χ4v) is 4.69. The molecule has 0 aliphatic rings. The molecule has 12 heteroatoms. The van der Waals surface area contributed by atoms with E-state index in [1.165, 1.54) is 23.0 Å². The van der Waals surface area contributed by atoms with Crippen molar-refractivity contribution in [3.8, 4) is 22.5 Å². The fourth-order valence-electron chi connectivity index (χ4n) is 4.50. The second-order valence-electron chi connectivity index (χ2n) is 9.63. The number of carbonyl (C=O) groups is 2. The molecule has 42 heavy (non-hydrogen) atoms. The van der Waals surface area contributed by atoms with E-state index >= 15 is 0 Å². The quantitative estimate of drug-likeness (QED) is 0.238. The number of halogens is 3. The lowest BCUT2D eigenvalue weighted by Crippen LogP contribution is -2.45.